The Balaban J connectivity index is 1.72. The molecule has 0 spiro atoms. The van der Waals surface area contributed by atoms with Crippen molar-refractivity contribution in [3.63, 3.8) is 0 Å². The molecule has 0 N–H and O–H groups in total. The lowest BCUT2D eigenvalue weighted by atomic mass is 10.2. The minimum absolute atomic E-state index is 0.0343. The molecule has 1 aromatic carbocycles. The van der Waals surface area contributed by atoms with Gasteiger partial charge in [-0.2, -0.15) is 0 Å². The number of methoxy groups -OCH3 is 1. The maximum Gasteiger partial charge on any atom is 0.235 e. The van der Waals surface area contributed by atoms with Gasteiger partial charge in [0.15, 0.2) is 15.0 Å². The van der Waals surface area contributed by atoms with Crippen LogP contribution in [0.3, 0.4) is 0 Å². The quantitative estimate of drug-likeness (QED) is 0.665. The molecular formula is C17H22N4O4S2. The molecule has 1 amide bonds. The second-order valence-corrected chi connectivity index (χ2v) is 9.99. The SMILES string of the molecule is COc1cccc(-n2cnnc2S[C@@H](C)C(=O)N(C)[C@@H]2CCS(=O)(=O)C2)c1. The second kappa shape index (κ2) is 7.89. The Kier molecular flexibility index (Phi) is 5.75. The highest BCUT2D eigenvalue weighted by Crippen LogP contribution is 2.27. The number of carbonyl (C=O) groups is 1. The zero-order valence-corrected chi connectivity index (χ0v) is 17.0. The summed E-state index contributed by atoms with van der Waals surface area (Å²) in [5, 5.41) is 8.23. The van der Waals surface area contributed by atoms with E-state index in [2.05, 4.69) is 10.2 Å². The lowest BCUT2D eigenvalue weighted by molar-refractivity contribution is -0.130. The first-order valence-corrected chi connectivity index (χ1v) is 11.2. The number of thioether (sulfide) groups is 1. The van der Waals surface area contributed by atoms with E-state index in [1.54, 1.807) is 36.9 Å². The third-order valence-electron chi connectivity index (χ3n) is 4.58. The zero-order chi connectivity index (χ0) is 19.6. The van der Waals surface area contributed by atoms with Gasteiger partial charge in [-0.05, 0) is 25.5 Å². The molecule has 1 saturated heterocycles. The Morgan fingerprint density at radius 1 is 1.44 bits per heavy atom. The van der Waals surface area contributed by atoms with E-state index in [9.17, 15) is 13.2 Å². The Labute approximate surface area is 162 Å². The molecule has 0 radical (unpaired) electrons. The van der Waals surface area contributed by atoms with Crippen LogP contribution in [0.2, 0.25) is 0 Å². The molecule has 27 heavy (non-hydrogen) atoms. The third kappa shape index (κ3) is 4.44. The van der Waals surface area contributed by atoms with E-state index < -0.39 is 15.1 Å². The predicted octanol–water partition coefficient (Wildman–Crippen LogP) is 1.40. The molecule has 8 nitrogen and oxygen atoms in total. The van der Waals surface area contributed by atoms with Gasteiger partial charge in [0.2, 0.25) is 5.91 Å². The highest BCUT2D eigenvalue weighted by molar-refractivity contribution is 8.00. The van der Waals surface area contributed by atoms with Crippen molar-refractivity contribution in [2.45, 2.75) is 29.8 Å². The molecule has 3 rings (SSSR count). The minimum Gasteiger partial charge on any atom is -0.497 e. The van der Waals surface area contributed by atoms with Crippen molar-refractivity contribution in [3.05, 3.63) is 30.6 Å². The highest BCUT2D eigenvalue weighted by atomic mass is 32.2. The van der Waals surface area contributed by atoms with Crippen LogP contribution in [-0.2, 0) is 14.6 Å². The van der Waals surface area contributed by atoms with Gasteiger partial charge in [0.1, 0.15) is 12.1 Å². The van der Waals surface area contributed by atoms with Crippen molar-refractivity contribution in [1.29, 1.82) is 0 Å². The fraction of sp³-hybridized carbons (Fsp3) is 0.471. The molecule has 1 aliphatic rings. The largest absolute Gasteiger partial charge is 0.497 e. The molecule has 146 valence electrons. The number of carbonyl (C=O) groups excluding carboxylic acids is 1. The van der Waals surface area contributed by atoms with Crippen LogP contribution in [0.4, 0.5) is 0 Å². The number of rotatable bonds is 6. The van der Waals surface area contributed by atoms with Crippen LogP contribution < -0.4 is 4.74 Å². The van der Waals surface area contributed by atoms with E-state index >= 15 is 0 Å². The van der Waals surface area contributed by atoms with E-state index in [0.717, 1.165) is 5.69 Å². The lowest BCUT2D eigenvalue weighted by Gasteiger charge is -2.26. The Bertz CT molecular complexity index is 929. The molecule has 1 aliphatic heterocycles. The van der Waals surface area contributed by atoms with Gasteiger partial charge in [-0.15, -0.1) is 10.2 Å². The average molecular weight is 411 g/mol. The van der Waals surface area contributed by atoms with Crippen molar-refractivity contribution >= 4 is 27.5 Å². The number of aromatic nitrogens is 3. The van der Waals surface area contributed by atoms with Crippen molar-refractivity contribution < 1.29 is 17.9 Å². The predicted molar refractivity (Wildman–Crippen MR) is 103 cm³/mol. The molecule has 0 saturated carbocycles. The summed E-state index contributed by atoms with van der Waals surface area (Å²) >= 11 is 1.29. The van der Waals surface area contributed by atoms with Crippen LogP contribution in [0.25, 0.3) is 5.69 Å². The summed E-state index contributed by atoms with van der Waals surface area (Å²) in [6, 6.07) is 7.21. The summed E-state index contributed by atoms with van der Waals surface area (Å²) in [5.41, 5.74) is 0.830. The van der Waals surface area contributed by atoms with Gasteiger partial charge < -0.3 is 9.64 Å². The van der Waals surface area contributed by atoms with Gasteiger partial charge in [-0.25, -0.2) is 8.42 Å². The van der Waals surface area contributed by atoms with Gasteiger partial charge in [0.25, 0.3) is 0 Å². The molecule has 2 atom stereocenters. The van der Waals surface area contributed by atoms with E-state index in [4.69, 9.17) is 4.74 Å². The molecule has 0 aliphatic carbocycles. The van der Waals surface area contributed by atoms with Gasteiger partial charge in [0, 0.05) is 19.2 Å². The van der Waals surface area contributed by atoms with Crippen molar-refractivity contribution in [2.24, 2.45) is 0 Å². The minimum atomic E-state index is -3.04. The van der Waals surface area contributed by atoms with Crippen LogP contribution in [0.15, 0.2) is 35.7 Å². The normalized spacial score (nSPS) is 19.6. The molecule has 10 heteroatoms. The van der Waals surface area contributed by atoms with Crippen LogP contribution in [-0.4, -0.2) is 70.9 Å². The summed E-state index contributed by atoms with van der Waals surface area (Å²) in [4.78, 5) is 14.3. The van der Waals surface area contributed by atoms with Gasteiger partial charge in [0.05, 0.1) is 29.6 Å². The smallest absolute Gasteiger partial charge is 0.235 e. The number of nitrogens with zero attached hydrogens (tertiary/aromatic N) is 4. The Morgan fingerprint density at radius 3 is 2.89 bits per heavy atom. The highest BCUT2D eigenvalue weighted by Gasteiger charge is 2.34. The van der Waals surface area contributed by atoms with Crippen molar-refractivity contribution in [1.82, 2.24) is 19.7 Å². The average Bonchev–Trinajstić information content (AvgIpc) is 3.26. The maximum absolute atomic E-state index is 12.7. The first-order valence-electron chi connectivity index (χ1n) is 8.49. The Morgan fingerprint density at radius 2 is 2.22 bits per heavy atom. The van der Waals surface area contributed by atoms with Crippen LogP contribution in [0.5, 0.6) is 5.75 Å². The number of amides is 1. The van der Waals surface area contributed by atoms with Gasteiger partial charge in [-0.3, -0.25) is 9.36 Å². The van der Waals surface area contributed by atoms with E-state index in [1.165, 1.54) is 11.8 Å². The third-order valence-corrected chi connectivity index (χ3v) is 7.38. The summed E-state index contributed by atoms with van der Waals surface area (Å²) in [6.45, 7) is 1.79. The number of benzene rings is 1. The maximum atomic E-state index is 12.7. The van der Waals surface area contributed by atoms with E-state index in [1.807, 2.05) is 24.3 Å². The zero-order valence-electron chi connectivity index (χ0n) is 15.4. The summed E-state index contributed by atoms with van der Waals surface area (Å²) in [6.07, 6.45) is 2.07. The first-order chi connectivity index (χ1) is 12.8. The molecular weight excluding hydrogens is 388 g/mol. The second-order valence-electron chi connectivity index (χ2n) is 6.45. The summed E-state index contributed by atoms with van der Waals surface area (Å²) < 4.78 is 30.4. The summed E-state index contributed by atoms with van der Waals surface area (Å²) in [7, 11) is 0.224. The van der Waals surface area contributed by atoms with E-state index in [0.29, 0.717) is 17.3 Å². The van der Waals surface area contributed by atoms with Crippen molar-refractivity contribution in [2.75, 3.05) is 25.7 Å². The fourth-order valence-corrected chi connectivity index (χ4v) is 5.72. The number of sulfone groups is 1. The van der Waals surface area contributed by atoms with Crippen LogP contribution in [0, 0.1) is 0 Å². The standard InChI is InChI=1S/C17H22N4O4S2/c1-12(16(22)20(2)14-7-8-27(23,24)10-14)26-17-19-18-11-21(17)13-5-4-6-15(9-13)25-3/h4-6,9,11-12,14H,7-8,10H2,1-3H3/t12-,14+/m0/s1. The monoisotopic (exact) mass is 410 g/mol. The molecule has 0 bridgehead atoms. The molecule has 1 aromatic heterocycles. The van der Waals surface area contributed by atoms with Crippen LogP contribution >= 0.6 is 11.8 Å². The van der Waals surface area contributed by atoms with Crippen molar-refractivity contribution in [3.8, 4) is 11.4 Å². The lowest BCUT2D eigenvalue weighted by Crippen LogP contribution is -2.41. The fourth-order valence-electron chi connectivity index (χ4n) is 3.00. The molecule has 1 fully saturated rings. The number of ether oxygens (including phenoxy) is 1. The number of hydrogen-bond acceptors (Lipinski definition) is 7. The molecule has 2 heterocycles. The first kappa shape index (κ1) is 19.7. The van der Waals surface area contributed by atoms with Crippen LogP contribution in [0.1, 0.15) is 13.3 Å². The number of hydrogen-bond donors (Lipinski definition) is 0. The van der Waals surface area contributed by atoms with E-state index in [-0.39, 0.29) is 23.5 Å². The topological polar surface area (TPSA) is 94.4 Å². The summed E-state index contributed by atoms with van der Waals surface area (Å²) in [5.74, 6) is 0.763. The Hall–Kier alpha value is -2.07. The van der Waals surface area contributed by atoms with Gasteiger partial charge in [-0.1, -0.05) is 17.8 Å². The molecule has 2 aromatic rings. The molecule has 0 unspecified atom stereocenters. The van der Waals surface area contributed by atoms with Gasteiger partial charge >= 0.3 is 0 Å².